The molecule has 0 aliphatic rings. The van der Waals surface area contributed by atoms with Gasteiger partial charge in [0.05, 0.1) is 6.61 Å². The molecule has 5 heteroatoms. The van der Waals surface area contributed by atoms with Crippen LogP contribution in [0.4, 0.5) is 5.69 Å². The molecule has 5 nitrogen and oxygen atoms in total. The van der Waals surface area contributed by atoms with Crippen LogP contribution in [0.25, 0.3) is 0 Å². The van der Waals surface area contributed by atoms with Gasteiger partial charge in [-0.15, -0.1) is 0 Å². The minimum atomic E-state index is -0.400. The summed E-state index contributed by atoms with van der Waals surface area (Å²) in [5.74, 6) is -0.596. The Morgan fingerprint density at radius 1 is 1.11 bits per heavy atom. The molecule has 0 saturated carbocycles. The number of ether oxygens (including phenoxy) is 1. The Hall–Kier alpha value is -2.04. The number of likely N-dealkylation sites (N-methyl/N-ethyl adjacent to an activating group) is 1. The molecule has 0 bridgehead atoms. The third kappa shape index (κ3) is 4.28. The van der Waals surface area contributed by atoms with Crippen LogP contribution in [0.5, 0.6) is 0 Å². The number of esters is 1. The van der Waals surface area contributed by atoms with Crippen molar-refractivity contribution in [3.63, 3.8) is 0 Å². The van der Waals surface area contributed by atoms with Gasteiger partial charge in [0, 0.05) is 32.4 Å². The van der Waals surface area contributed by atoms with Crippen LogP contribution in [0, 0.1) is 0 Å². The van der Waals surface area contributed by atoms with Crippen molar-refractivity contribution in [2.75, 3.05) is 39.2 Å². The van der Waals surface area contributed by atoms with Crippen LogP contribution < -0.4 is 4.90 Å². The van der Waals surface area contributed by atoms with E-state index in [0.717, 1.165) is 5.69 Å². The number of anilines is 1. The fourth-order valence-electron chi connectivity index (χ4n) is 1.59. The molecule has 0 unspecified atom stereocenters. The quantitative estimate of drug-likeness (QED) is 0.754. The van der Waals surface area contributed by atoms with Gasteiger partial charge in [0.25, 0.3) is 5.91 Å². The Kier molecular flexibility index (Phi) is 5.36. The molecule has 104 valence electrons. The van der Waals surface area contributed by atoms with Crippen molar-refractivity contribution in [1.29, 1.82) is 0 Å². The van der Waals surface area contributed by atoms with Crippen molar-refractivity contribution in [2.24, 2.45) is 0 Å². The van der Waals surface area contributed by atoms with Crippen LogP contribution in [0.2, 0.25) is 0 Å². The number of carbonyl (C=O) groups excluding carboxylic acids is 2. The third-order valence-corrected chi connectivity index (χ3v) is 2.65. The second kappa shape index (κ2) is 6.78. The highest BCUT2D eigenvalue weighted by atomic mass is 16.5. The van der Waals surface area contributed by atoms with Gasteiger partial charge in [-0.2, -0.15) is 0 Å². The van der Waals surface area contributed by atoms with Gasteiger partial charge in [-0.25, -0.2) is 0 Å². The predicted molar refractivity (Wildman–Crippen MR) is 74.4 cm³/mol. The van der Waals surface area contributed by atoms with E-state index in [0.29, 0.717) is 12.2 Å². The summed E-state index contributed by atoms with van der Waals surface area (Å²) in [7, 11) is 5.45. The van der Waals surface area contributed by atoms with Crippen LogP contribution in [0.15, 0.2) is 24.3 Å². The number of nitrogens with zero attached hydrogens (tertiary/aromatic N) is 2. The van der Waals surface area contributed by atoms with E-state index in [-0.39, 0.29) is 12.5 Å². The Labute approximate surface area is 113 Å². The smallest absolute Gasteiger partial charge is 0.325 e. The maximum atomic E-state index is 12.1. The molecule has 0 spiro atoms. The van der Waals surface area contributed by atoms with Crippen LogP contribution >= 0.6 is 0 Å². The zero-order chi connectivity index (χ0) is 14.4. The molecule has 1 aromatic rings. The lowest BCUT2D eigenvalue weighted by atomic mass is 10.2. The van der Waals surface area contributed by atoms with Crippen LogP contribution in [-0.2, 0) is 9.53 Å². The minimum absolute atomic E-state index is 0.0396. The Bertz CT molecular complexity index is 441. The lowest BCUT2D eigenvalue weighted by Gasteiger charge is -2.17. The summed E-state index contributed by atoms with van der Waals surface area (Å²) in [6.07, 6.45) is 0. The van der Waals surface area contributed by atoms with Gasteiger partial charge in [-0.1, -0.05) is 0 Å². The highest BCUT2D eigenvalue weighted by Gasteiger charge is 2.15. The van der Waals surface area contributed by atoms with Crippen molar-refractivity contribution < 1.29 is 14.3 Å². The Morgan fingerprint density at radius 3 is 2.16 bits per heavy atom. The second-order valence-corrected chi connectivity index (χ2v) is 4.41. The van der Waals surface area contributed by atoms with E-state index in [2.05, 4.69) is 0 Å². The topological polar surface area (TPSA) is 49.9 Å². The molecule has 0 atom stereocenters. The van der Waals surface area contributed by atoms with Gasteiger partial charge in [-0.05, 0) is 31.2 Å². The van der Waals surface area contributed by atoms with Crippen molar-refractivity contribution in [3.8, 4) is 0 Å². The number of hydrogen-bond acceptors (Lipinski definition) is 4. The summed E-state index contributed by atoms with van der Waals surface area (Å²) in [6.45, 7) is 2.01. The van der Waals surface area contributed by atoms with Crippen molar-refractivity contribution in [1.82, 2.24) is 4.90 Å². The van der Waals surface area contributed by atoms with Crippen molar-refractivity contribution >= 4 is 17.6 Å². The van der Waals surface area contributed by atoms with E-state index in [4.69, 9.17) is 4.74 Å². The molecule has 0 heterocycles. The van der Waals surface area contributed by atoms with Gasteiger partial charge in [0.2, 0.25) is 0 Å². The highest BCUT2D eigenvalue weighted by Crippen LogP contribution is 2.13. The largest absolute Gasteiger partial charge is 0.465 e. The zero-order valence-corrected chi connectivity index (χ0v) is 11.8. The summed E-state index contributed by atoms with van der Waals surface area (Å²) >= 11 is 0. The number of hydrogen-bond donors (Lipinski definition) is 0. The van der Waals surface area contributed by atoms with Crippen LogP contribution in [-0.4, -0.2) is 51.1 Å². The molecule has 0 fully saturated rings. The van der Waals surface area contributed by atoms with E-state index < -0.39 is 5.97 Å². The highest BCUT2D eigenvalue weighted by molar-refractivity contribution is 5.96. The van der Waals surface area contributed by atoms with Gasteiger partial charge in [-0.3, -0.25) is 9.59 Å². The first-order chi connectivity index (χ1) is 8.95. The fourth-order valence-corrected chi connectivity index (χ4v) is 1.59. The number of amides is 1. The van der Waals surface area contributed by atoms with E-state index in [9.17, 15) is 9.59 Å². The zero-order valence-electron chi connectivity index (χ0n) is 11.8. The standard InChI is InChI=1S/C14H20N2O3/c1-5-19-13(17)10-16(4)14(18)11-6-8-12(9-7-11)15(2)3/h6-9H,5,10H2,1-4H3. The molecule has 0 aliphatic carbocycles. The molecule has 19 heavy (non-hydrogen) atoms. The minimum Gasteiger partial charge on any atom is -0.465 e. The number of carbonyl (C=O) groups is 2. The lowest BCUT2D eigenvalue weighted by molar-refractivity contribution is -0.143. The van der Waals surface area contributed by atoms with Crippen LogP contribution in [0.1, 0.15) is 17.3 Å². The molecular weight excluding hydrogens is 244 g/mol. The summed E-state index contributed by atoms with van der Waals surface area (Å²) in [4.78, 5) is 26.7. The molecule has 0 aromatic heterocycles. The maximum absolute atomic E-state index is 12.1. The first-order valence-corrected chi connectivity index (χ1v) is 6.14. The van der Waals surface area contributed by atoms with Crippen molar-refractivity contribution in [2.45, 2.75) is 6.92 Å². The summed E-state index contributed by atoms with van der Waals surface area (Å²) in [6, 6.07) is 7.23. The second-order valence-electron chi connectivity index (χ2n) is 4.41. The molecular formula is C14H20N2O3. The van der Waals surface area contributed by atoms with Crippen LogP contribution in [0.3, 0.4) is 0 Å². The van der Waals surface area contributed by atoms with Gasteiger partial charge in [0.1, 0.15) is 6.54 Å². The first kappa shape index (κ1) is 15.0. The maximum Gasteiger partial charge on any atom is 0.325 e. The molecule has 0 N–H and O–H groups in total. The van der Waals surface area contributed by atoms with Crippen molar-refractivity contribution in [3.05, 3.63) is 29.8 Å². The number of benzene rings is 1. The molecule has 0 saturated heterocycles. The normalized spacial score (nSPS) is 9.89. The Morgan fingerprint density at radius 2 is 1.68 bits per heavy atom. The van der Waals surface area contributed by atoms with Gasteiger partial charge >= 0.3 is 5.97 Å². The molecule has 1 amide bonds. The van der Waals surface area contributed by atoms with Gasteiger partial charge < -0.3 is 14.5 Å². The molecule has 0 aliphatic heterocycles. The van der Waals surface area contributed by atoms with E-state index in [1.807, 2.05) is 31.1 Å². The predicted octanol–water partition coefficient (Wildman–Crippen LogP) is 1.39. The molecule has 0 radical (unpaired) electrons. The summed E-state index contributed by atoms with van der Waals surface area (Å²) in [5, 5.41) is 0. The van der Waals surface area contributed by atoms with E-state index in [1.165, 1.54) is 4.90 Å². The fraction of sp³-hybridized carbons (Fsp3) is 0.429. The van der Waals surface area contributed by atoms with E-state index in [1.54, 1.807) is 26.1 Å². The molecule has 1 rings (SSSR count). The SMILES string of the molecule is CCOC(=O)CN(C)C(=O)c1ccc(N(C)C)cc1. The third-order valence-electron chi connectivity index (χ3n) is 2.65. The first-order valence-electron chi connectivity index (χ1n) is 6.14. The summed E-state index contributed by atoms with van der Waals surface area (Å²) < 4.78 is 4.81. The van der Waals surface area contributed by atoms with Gasteiger partial charge in [0.15, 0.2) is 0 Å². The Balaban J connectivity index is 2.69. The average molecular weight is 264 g/mol. The monoisotopic (exact) mass is 264 g/mol. The van der Waals surface area contributed by atoms with E-state index >= 15 is 0 Å². The summed E-state index contributed by atoms with van der Waals surface area (Å²) in [5.41, 5.74) is 1.57. The lowest BCUT2D eigenvalue weighted by Crippen LogP contribution is -2.33. The number of rotatable bonds is 5. The molecule has 1 aromatic carbocycles. The average Bonchev–Trinajstić information content (AvgIpc) is 2.38.